The zero-order chi connectivity index (χ0) is 10.1. The maximum atomic E-state index is 5.42. The summed E-state index contributed by atoms with van der Waals surface area (Å²) in [6.45, 7) is 10.8. The molecule has 0 fully saturated rings. The van der Waals surface area contributed by atoms with Crippen LogP contribution in [-0.4, -0.2) is 6.26 Å². The first kappa shape index (κ1) is 11.8. The molecule has 0 N–H and O–H groups in total. The van der Waals surface area contributed by atoms with Crippen molar-refractivity contribution in [1.29, 1.82) is 0 Å². The Morgan fingerprint density at radius 2 is 1.77 bits per heavy atom. The Hall–Kier alpha value is -1.15. The van der Waals surface area contributed by atoms with E-state index in [4.69, 9.17) is 4.74 Å². The molecule has 2 heteroatoms. The van der Waals surface area contributed by atoms with E-state index in [0.29, 0.717) is 11.5 Å². The first-order chi connectivity index (χ1) is 6.28. The van der Waals surface area contributed by atoms with E-state index in [9.17, 15) is 0 Å². The molecule has 0 bridgehead atoms. The Labute approximate surface area is 84.2 Å². The van der Waals surface area contributed by atoms with E-state index >= 15 is 0 Å². The van der Waals surface area contributed by atoms with Gasteiger partial charge in [-0.25, -0.2) is 0 Å². The van der Waals surface area contributed by atoms with Crippen LogP contribution in [0.3, 0.4) is 0 Å². The summed E-state index contributed by atoms with van der Waals surface area (Å²) in [5, 5.41) is 1.87. The molecule has 0 rings (SSSR count). The maximum absolute atomic E-state index is 5.42. The molecule has 0 atom stereocenters. The van der Waals surface area contributed by atoms with Gasteiger partial charge in [0.1, 0.15) is 11.5 Å². The summed E-state index contributed by atoms with van der Waals surface area (Å²) in [5.41, 5.74) is 0. The van der Waals surface area contributed by atoms with Gasteiger partial charge < -0.3 is 4.74 Å². The summed E-state index contributed by atoms with van der Waals surface area (Å²) < 4.78 is 5.42. The van der Waals surface area contributed by atoms with Crippen LogP contribution in [0.4, 0.5) is 0 Å². The average Bonchev–Trinajstić information content (AvgIpc) is 2.16. The van der Waals surface area contributed by atoms with Crippen molar-refractivity contribution in [2.75, 3.05) is 6.26 Å². The SMILES string of the molecule is C=C/C=C(\C=C)O/C(C=C)=C/SC. The quantitative estimate of drug-likeness (QED) is 0.471. The van der Waals surface area contributed by atoms with Gasteiger partial charge >= 0.3 is 0 Å². The summed E-state index contributed by atoms with van der Waals surface area (Å²) in [6, 6.07) is 0. The van der Waals surface area contributed by atoms with Crippen molar-refractivity contribution in [1.82, 2.24) is 0 Å². The number of allylic oxidation sites excluding steroid dienone is 4. The highest BCUT2D eigenvalue weighted by Gasteiger charge is 1.94. The number of hydrogen-bond acceptors (Lipinski definition) is 2. The predicted octanol–water partition coefficient (Wildman–Crippen LogP) is 3.65. The zero-order valence-corrected chi connectivity index (χ0v) is 8.64. The van der Waals surface area contributed by atoms with E-state index in [1.54, 1.807) is 36.1 Å². The van der Waals surface area contributed by atoms with Crippen molar-refractivity contribution in [3.8, 4) is 0 Å². The molecule has 0 unspecified atom stereocenters. The minimum Gasteiger partial charge on any atom is -0.457 e. The smallest absolute Gasteiger partial charge is 0.133 e. The van der Waals surface area contributed by atoms with Crippen LogP contribution < -0.4 is 0 Å². The van der Waals surface area contributed by atoms with Crippen molar-refractivity contribution >= 4 is 11.8 Å². The highest BCUT2D eigenvalue weighted by molar-refractivity contribution is 8.01. The number of rotatable bonds is 6. The summed E-state index contributed by atoms with van der Waals surface area (Å²) in [5.74, 6) is 1.37. The summed E-state index contributed by atoms with van der Waals surface area (Å²) >= 11 is 1.56. The molecule has 0 radical (unpaired) electrons. The van der Waals surface area contributed by atoms with Crippen molar-refractivity contribution in [2.45, 2.75) is 0 Å². The predicted molar refractivity (Wildman–Crippen MR) is 61.4 cm³/mol. The van der Waals surface area contributed by atoms with Crippen LogP contribution in [0, 0.1) is 0 Å². The van der Waals surface area contributed by atoms with Crippen LogP contribution in [0.5, 0.6) is 0 Å². The summed E-state index contributed by atoms with van der Waals surface area (Å²) in [6.07, 6.45) is 8.62. The van der Waals surface area contributed by atoms with E-state index < -0.39 is 0 Å². The highest BCUT2D eigenvalue weighted by Crippen LogP contribution is 2.11. The fraction of sp³-hybridized carbons (Fsp3) is 0.0909. The molecule has 0 aromatic carbocycles. The second-order valence-electron chi connectivity index (χ2n) is 2.07. The van der Waals surface area contributed by atoms with Crippen molar-refractivity contribution in [2.24, 2.45) is 0 Å². The Morgan fingerprint density at radius 1 is 1.15 bits per heavy atom. The second-order valence-corrected chi connectivity index (χ2v) is 2.78. The van der Waals surface area contributed by atoms with Gasteiger partial charge in [0.15, 0.2) is 0 Å². The standard InChI is InChI=1S/C11H14OS/c1-5-8-10(6-2)12-11(7-3)9-13-4/h5-9H,1-3H2,4H3/b10-8+,11-9+. The molecule has 0 aliphatic rings. The molecular formula is C11H14OS. The molecule has 0 spiro atoms. The fourth-order valence-electron chi connectivity index (χ4n) is 0.626. The molecule has 13 heavy (non-hydrogen) atoms. The molecule has 1 nitrogen and oxygen atoms in total. The Kier molecular flexibility index (Phi) is 6.83. The molecule has 70 valence electrons. The molecular weight excluding hydrogens is 180 g/mol. The molecule has 0 saturated carbocycles. The molecule has 0 amide bonds. The van der Waals surface area contributed by atoms with Crippen molar-refractivity contribution < 1.29 is 4.74 Å². The normalized spacial score (nSPS) is 12.1. The highest BCUT2D eigenvalue weighted by atomic mass is 32.2. The topological polar surface area (TPSA) is 9.23 Å². The Balaban J connectivity index is 4.45. The lowest BCUT2D eigenvalue weighted by molar-refractivity contribution is 0.338. The largest absolute Gasteiger partial charge is 0.457 e. The fourth-order valence-corrected chi connectivity index (χ4v) is 1.00. The van der Waals surface area contributed by atoms with Crippen molar-refractivity contribution in [3.63, 3.8) is 0 Å². The molecule has 0 heterocycles. The summed E-state index contributed by atoms with van der Waals surface area (Å²) in [7, 11) is 0. The van der Waals surface area contributed by atoms with Crippen LogP contribution in [-0.2, 0) is 4.74 Å². The third-order valence-electron chi connectivity index (χ3n) is 1.15. The van der Waals surface area contributed by atoms with E-state index in [1.807, 2.05) is 11.7 Å². The van der Waals surface area contributed by atoms with Gasteiger partial charge in [-0.2, -0.15) is 0 Å². The van der Waals surface area contributed by atoms with Crippen LogP contribution in [0.25, 0.3) is 0 Å². The van der Waals surface area contributed by atoms with Crippen LogP contribution in [0.15, 0.2) is 61.0 Å². The lowest BCUT2D eigenvalue weighted by Crippen LogP contribution is -1.86. The molecule has 0 aliphatic carbocycles. The van der Waals surface area contributed by atoms with Gasteiger partial charge in [0.25, 0.3) is 0 Å². The van der Waals surface area contributed by atoms with Crippen LogP contribution >= 0.6 is 11.8 Å². The summed E-state index contributed by atoms with van der Waals surface area (Å²) in [4.78, 5) is 0. The monoisotopic (exact) mass is 194 g/mol. The lowest BCUT2D eigenvalue weighted by atomic mass is 10.4. The zero-order valence-electron chi connectivity index (χ0n) is 7.82. The molecule has 0 saturated heterocycles. The van der Waals surface area contributed by atoms with Gasteiger partial charge in [0.2, 0.25) is 0 Å². The minimum absolute atomic E-state index is 0.662. The average molecular weight is 194 g/mol. The van der Waals surface area contributed by atoms with E-state index in [-0.39, 0.29) is 0 Å². The van der Waals surface area contributed by atoms with E-state index in [2.05, 4.69) is 19.7 Å². The number of ether oxygens (including phenoxy) is 1. The Bertz CT molecular complexity index is 249. The third kappa shape index (κ3) is 5.15. The van der Waals surface area contributed by atoms with Crippen LogP contribution in [0.1, 0.15) is 0 Å². The number of hydrogen-bond donors (Lipinski definition) is 0. The number of thioether (sulfide) groups is 1. The van der Waals surface area contributed by atoms with Gasteiger partial charge in [-0.3, -0.25) is 0 Å². The third-order valence-corrected chi connectivity index (χ3v) is 1.62. The van der Waals surface area contributed by atoms with Crippen LogP contribution in [0.2, 0.25) is 0 Å². The Morgan fingerprint density at radius 3 is 2.15 bits per heavy atom. The lowest BCUT2D eigenvalue weighted by Gasteiger charge is -2.05. The minimum atomic E-state index is 0.662. The van der Waals surface area contributed by atoms with Crippen molar-refractivity contribution in [3.05, 3.63) is 61.0 Å². The van der Waals surface area contributed by atoms with Gasteiger partial charge in [-0.05, 0) is 24.5 Å². The van der Waals surface area contributed by atoms with Gasteiger partial charge in [-0.1, -0.05) is 25.8 Å². The second kappa shape index (κ2) is 7.50. The van der Waals surface area contributed by atoms with E-state index in [0.717, 1.165) is 0 Å². The molecule has 0 aliphatic heterocycles. The van der Waals surface area contributed by atoms with E-state index in [1.165, 1.54) is 0 Å². The first-order valence-electron chi connectivity index (χ1n) is 3.76. The van der Waals surface area contributed by atoms with Gasteiger partial charge in [0, 0.05) is 5.41 Å². The van der Waals surface area contributed by atoms with Gasteiger partial charge in [0.05, 0.1) is 0 Å². The van der Waals surface area contributed by atoms with Gasteiger partial charge in [-0.15, -0.1) is 11.8 Å². The molecule has 0 aromatic rings. The maximum Gasteiger partial charge on any atom is 0.133 e. The first-order valence-corrected chi connectivity index (χ1v) is 5.05. The molecule has 0 aromatic heterocycles.